The molecule has 2 aromatic rings. The van der Waals surface area contributed by atoms with E-state index >= 15 is 0 Å². The molecule has 0 bridgehead atoms. The lowest BCUT2D eigenvalue weighted by atomic mass is 10.1. The zero-order valence-electron chi connectivity index (χ0n) is 15.4. The molecule has 144 valence electrons. The lowest BCUT2D eigenvalue weighted by molar-refractivity contribution is -0.137. The summed E-state index contributed by atoms with van der Waals surface area (Å²) >= 11 is 0. The minimum atomic E-state index is -4.42. The van der Waals surface area contributed by atoms with E-state index in [1.54, 1.807) is 0 Å². The number of aryl methyl sites for hydroxylation is 2. The van der Waals surface area contributed by atoms with Crippen molar-refractivity contribution in [2.45, 2.75) is 33.4 Å². The molecular formula is C20H21F3N2O2. The standard InChI is InChI=1S/C20H21F3N2O2/c1-13-10-14(2)12-18(11-13)25(15(3)26)9-8-19(27)24-17-6-4-16(5-7-17)20(21,22)23/h4-7,10-12H,8-9H2,1-3H3,(H,24,27). The van der Waals surface area contributed by atoms with E-state index in [1.807, 2.05) is 32.0 Å². The van der Waals surface area contributed by atoms with Crippen LogP contribution in [0.1, 0.15) is 30.0 Å². The highest BCUT2D eigenvalue weighted by atomic mass is 19.4. The summed E-state index contributed by atoms with van der Waals surface area (Å²) in [6.45, 7) is 5.44. The number of rotatable bonds is 5. The quantitative estimate of drug-likeness (QED) is 0.820. The first-order valence-electron chi connectivity index (χ1n) is 8.40. The highest BCUT2D eigenvalue weighted by molar-refractivity contribution is 5.94. The van der Waals surface area contributed by atoms with E-state index in [0.717, 1.165) is 23.3 Å². The number of anilines is 2. The molecule has 0 spiro atoms. The molecule has 0 aromatic heterocycles. The van der Waals surface area contributed by atoms with Gasteiger partial charge < -0.3 is 10.2 Å². The van der Waals surface area contributed by atoms with Crippen molar-refractivity contribution in [2.75, 3.05) is 16.8 Å². The minimum Gasteiger partial charge on any atom is -0.326 e. The molecule has 0 atom stereocenters. The van der Waals surface area contributed by atoms with Crippen LogP contribution < -0.4 is 10.2 Å². The Morgan fingerprint density at radius 2 is 1.56 bits per heavy atom. The number of hydrogen-bond donors (Lipinski definition) is 1. The molecule has 7 heteroatoms. The minimum absolute atomic E-state index is 0.0214. The van der Waals surface area contributed by atoms with E-state index < -0.39 is 11.7 Å². The lowest BCUT2D eigenvalue weighted by Gasteiger charge is -2.22. The topological polar surface area (TPSA) is 49.4 Å². The maximum absolute atomic E-state index is 12.6. The fourth-order valence-corrected chi connectivity index (χ4v) is 2.75. The van der Waals surface area contributed by atoms with Crippen molar-refractivity contribution >= 4 is 23.2 Å². The van der Waals surface area contributed by atoms with Gasteiger partial charge in [-0.2, -0.15) is 13.2 Å². The molecule has 2 rings (SSSR count). The summed E-state index contributed by atoms with van der Waals surface area (Å²) in [5, 5.41) is 2.54. The van der Waals surface area contributed by atoms with Gasteiger partial charge in [0.25, 0.3) is 0 Å². The fraction of sp³-hybridized carbons (Fsp3) is 0.300. The third kappa shape index (κ3) is 5.84. The number of carbonyl (C=O) groups excluding carboxylic acids is 2. The monoisotopic (exact) mass is 378 g/mol. The predicted octanol–water partition coefficient (Wildman–Crippen LogP) is 4.70. The molecule has 0 aliphatic rings. The fourth-order valence-electron chi connectivity index (χ4n) is 2.75. The Morgan fingerprint density at radius 3 is 2.04 bits per heavy atom. The molecule has 2 aromatic carbocycles. The van der Waals surface area contributed by atoms with Crippen molar-refractivity contribution in [3.63, 3.8) is 0 Å². The van der Waals surface area contributed by atoms with E-state index in [0.29, 0.717) is 5.69 Å². The van der Waals surface area contributed by atoms with Crippen LogP contribution in [0.25, 0.3) is 0 Å². The van der Waals surface area contributed by atoms with E-state index in [9.17, 15) is 22.8 Å². The van der Waals surface area contributed by atoms with E-state index in [2.05, 4.69) is 5.32 Å². The molecule has 0 fully saturated rings. The van der Waals surface area contributed by atoms with Crippen LogP contribution in [-0.4, -0.2) is 18.4 Å². The maximum Gasteiger partial charge on any atom is 0.416 e. The second-order valence-corrected chi connectivity index (χ2v) is 6.39. The van der Waals surface area contributed by atoms with E-state index in [1.165, 1.54) is 24.0 Å². The Balaban J connectivity index is 2.01. The van der Waals surface area contributed by atoms with Crippen molar-refractivity contribution in [1.82, 2.24) is 0 Å². The number of nitrogens with zero attached hydrogens (tertiary/aromatic N) is 1. The Morgan fingerprint density at radius 1 is 1.00 bits per heavy atom. The zero-order valence-corrected chi connectivity index (χ0v) is 15.4. The van der Waals surface area contributed by atoms with Crippen LogP contribution in [0, 0.1) is 13.8 Å². The smallest absolute Gasteiger partial charge is 0.326 e. The van der Waals surface area contributed by atoms with Gasteiger partial charge in [0, 0.05) is 31.3 Å². The van der Waals surface area contributed by atoms with Gasteiger partial charge >= 0.3 is 6.18 Å². The highest BCUT2D eigenvalue weighted by Crippen LogP contribution is 2.29. The van der Waals surface area contributed by atoms with Gasteiger partial charge in [0.2, 0.25) is 11.8 Å². The summed E-state index contributed by atoms with van der Waals surface area (Å²) in [5.74, 6) is -0.576. The number of nitrogens with one attached hydrogen (secondary N) is 1. The van der Waals surface area contributed by atoms with Gasteiger partial charge in [0.15, 0.2) is 0 Å². The lowest BCUT2D eigenvalue weighted by Crippen LogP contribution is -2.32. The molecule has 0 unspecified atom stereocenters. The molecule has 0 radical (unpaired) electrons. The van der Waals surface area contributed by atoms with Crippen LogP contribution in [0.2, 0.25) is 0 Å². The largest absolute Gasteiger partial charge is 0.416 e. The molecule has 0 saturated carbocycles. The Hall–Kier alpha value is -2.83. The molecule has 0 aliphatic carbocycles. The van der Waals surface area contributed by atoms with Gasteiger partial charge in [-0.3, -0.25) is 9.59 Å². The molecule has 0 aliphatic heterocycles. The number of alkyl halides is 3. The third-order valence-electron chi connectivity index (χ3n) is 3.96. The average Bonchev–Trinajstić information content (AvgIpc) is 2.53. The average molecular weight is 378 g/mol. The summed E-state index contributed by atoms with van der Waals surface area (Å²) in [6.07, 6.45) is -4.40. The number of amides is 2. The summed E-state index contributed by atoms with van der Waals surface area (Å²) in [4.78, 5) is 25.6. The maximum atomic E-state index is 12.6. The van der Waals surface area contributed by atoms with E-state index in [4.69, 9.17) is 0 Å². The second-order valence-electron chi connectivity index (χ2n) is 6.39. The van der Waals surface area contributed by atoms with Crippen molar-refractivity contribution < 1.29 is 22.8 Å². The molecule has 2 amide bonds. The SMILES string of the molecule is CC(=O)N(CCC(=O)Nc1ccc(C(F)(F)F)cc1)c1cc(C)cc(C)c1. The van der Waals surface area contributed by atoms with Crippen molar-refractivity contribution in [2.24, 2.45) is 0 Å². The molecule has 0 saturated heterocycles. The number of benzene rings is 2. The van der Waals surface area contributed by atoms with Gasteiger partial charge in [0.1, 0.15) is 0 Å². The Kier molecular flexibility index (Phi) is 6.25. The third-order valence-corrected chi connectivity index (χ3v) is 3.96. The second kappa shape index (κ2) is 8.24. The van der Waals surface area contributed by atoms with Gasteiger partial charge in [-0.25, -0.2) is 0 Å². The summed E-state index contributed by atoms with van der Waals surface area (Å²) < 4.78 is 37.7. The predicted molar refractivity (Wildman–Crippen MR) is 98.6 cm³/mol. The summed E-state index contributed by atoms with van der Waals surface area (Å²) in [5.41, 5.74) is 2.21. The van der Waals surface area contributed by atoms with Gasteiger partial charge in [0.05, 0.1) is 5.56 Å². The van der Waals surface area contributed by atoms with Crippen LogP contribution >= 0.6 is 0 Å². The number of hydrogen-bond acceptors (Lipinski definition) is 2. The molecule has 4 nitrogen and oxygen atoms in total. The summed E-state index contributed by atoms with van der Waals surface area (Å²) in [6, 6.07) is 9.93. The van der Waals surface area contributed by atoms with Crippen molar-refractivity contribution in [1.29, 1.82) is 0 Å². The molecule has 1 N–H and O–H groups in total. The first kappa shape index (κ1) is 20.5. The van der Waals surface area contributed by atoms with Crippen LogP contribution in [0.4, 0.5) is 24.5 Å². The number of halogens is 3. The normalized spacial score (nSPS) is 11.2. The molecule has 27 heavy (non-hydrogen) atoms. The summed E-state index contributed by atoms with van der Waals surface area (Å²) in [7, 11) is 0. The zero-order chi connectivity index (χ0) is 20.2. The van der Waals surface area contributed by atoms with Crippen LogP contribution in [0.15, 0.2) is 42.5 Å². The van der Waals surface area contributed by atoms with Crippen LogP contribution in [-0.2, 0) is 15.8 Å². The first-order chi connectivity index (χ1) is 12.6. The van der Waals surface area contributed by atoms with Gasteiger partial charge in [-0.05, 0) is 61.4 Å². The number of carbonyl (C=O) groups is 2. The van der Waals surface area contributed by atoms with Crippen molar-refractivity contribution in [3.8, 4) is 0 Å². The Labute approximate surface area is 156 Å². The van der Waals surface area contributed by atoms with Crippen LogP contribution in [0.3, 0.4) is 0 Å². The Bertz CT molecular complexity index is 810. The van der Waals surface area contributed by atoms with Crippen LogP contribution in [0.5, 0.6) is 0 Å². The van der Waals surface area contributed by atoms with E-state index in [-0.39, 0.29) is 30.5 Å². The first-order valence-corrected chi connectivity index (χ1v) is 8.40. The van der Waals surface area contributed by atoms with Crippen molar-refractivity contribution in [3.05, 3.63) is 59.2 Å². The van der Waals surface area contributed by atoms with Gasteiger partial charge in [-0.15, -0.1) is 0 Å². The highest BCUT2D eigenvalue weighted by Gasteiger charge is 2.30. The molecular weight excluding hydrogens is 357 g/mol. The molecule has 0 heterocycles. The van der Waals surface area contributed by atoms with Gasteiger partial charge in [-0.1, -0.05) is 6.07 Å².